The minimum absolute atomic E-state index is 0.409. The van der Waals surface area contributed by atoms with Crippen molar-refractivity contribution in [2.75, 3.05) is 0 Å². The summed E-state index contributed by atoms with van der Waals surface area (Å²) in [6, 6.07) is 7.69. The summed E-state index contributed by atoms with van der Waals surface area (Å²) in [4.78, 5) is 0. The lowest BCUT2D eigenvalue weighted by Gasteiger charge is -1.83. The third-order valence-electron chi connectivity index (χ3n) is 1.50. The van der Waals surface area contributed by atoms with Crippen LogP contribution in [0, 0.1) is 0 Å². The van der Waals surface area contributed by atoms with Crippen molar-refractivity contribution in [3.8, 4) is 0 Å². The molecule has 0 saturated carbocycles. The first-order valence-electron chi connectivity index (χ1n) is 3.11. The van der Waals surface area contributed by atoms with Crippen LogP contribution in [0.25, 0.3) is 11.0 Å². The van der Waals surface area contributed by atoms with E-state index in [-0.39, 0.29) is 0 Å². The Morgan fingerprint density at radius 1 is 1.27 bits per heavy atom. The summed E-state index contributed by atoms with van der Waals surface area (Å²) in [7, 11) is 0. The van der Waals surface area contributed by atoms with Gasteiger partial charge in [0.2, 0.25) is 5.22 Å². The number of fused-ring (bicyclic) bond motifs is 1. The highest BCUT2D eigenvalue weighted by molar-refractivity contribution is 9.10. The van der Waals surface area contributed by atoms with Crippen molar-refractivity contribution >= 4 is 38.5 Å². The van der Waals surface area contributed by atoms with E-state index in [1.54, 1.807) is 0 Å². The topological polar surface area (TPSA) is 13.1 Å². The zero-order valence-corrected chi connectivity index (χ0v) is 7.82. The molecule has 0 atom stereocenters. The van der Waals surface area contributed by atoms with Crippen LogP contribution in [0.3, 0.4) is 0 Å². The van der Waals surface area contributed by atoms with Gasteiger partial charge in [-0.25, -0.2) is 0 Å². The molecule has 0 N–H and O–H groups in total. The summed E-state index contributed by atoms with van der Waals surface area (Å²) in [6.07, 6.45) is 0. The summed E-state index contributed by atoms with van der Waals surface area (Å²) in [6.45, 7) is 0. The van der Waals surface area contributed by atoms with Gasteiger partial charge >= 0.3 is 0 Å². The molecule has 0 unspecified atom stereocenters. The lowest BCUT2D eigenvalue weighted by atomic mass is 10.3. The molecule has 0 saturated heterocycles. The SMILES string of the molecule is Clc1oc2ccccc2c1Br. The van der Waals surface area contributed by atoms with E-state index >= 15 is 0 Å². The van der Waals surface area contributed by atoms with Crippen molar-refractivity contribution in [1.82, 2.24) is 0 Å². The van der Waals surface area contributed by atoms with Crippen molar-refractivity contribution < 1.29 is 4.42 Å². The van der Waals surface area contributed by atoms with E-state index < -0.39 is 0 Å². The first-order chi connectivity index (χ1) is 5.29. The average molecular weight is 231 g/mol. The first-order valence-corrected chi connectivity index (χ1v) is 4.28. The highest BCUT2D eigenvalue weighted by atomic mass is 79.9. The molecule has 0 radical (unpaired) electrons. The Balaban J connectivity index is 2.92. The largest absolute Gasteiger partial charge is 0.443 e. The highest BCUT2D eigenvalue weighted by Crippen LogP contribution is 2.33. The third kappa shape index (κ3) is 1.06. The molecule has 3 heteroatoms. The zero-order valence-electron chi connectivity index (χ0n) is 5.47. The number of hydrogen-bond acceptors (Lipinski definition) is 1. The Kier molecular flexibility index (Phi) is 1.66. The predicted octanol–water partition coefficient (Wildman–Crippen LogP) is 3.85. The molecule has 1 nitrogen and oxygen atoms in total. The molecule has 0 aliphatic carbocycles. The predicted molar refractivity (Wildman–Crippen MR) is 48.9 cm³/mol. The third-order valence-corrected chi connectivity index (χ3v) is 2.78. The lowest BCUT2D eigenvalue weighted by molar-refractivity contribution is 0.616. The molecule has 1 heterocycles. The van der Waals surface area contributed by atoms with Gasteiger partial charge in [-0.2, -0.15) is 0 Å². The van der Waals surface area contributed by atoms with Crippen molar-refractivity contribution in [2.24, 2.45) is 0 Å². The Morgan fingerprint density at radius 3 is 2.73 bits per heavy atom. The molecular weight excluding hydrogens is 227 g/mol. The molecule has 0 aliphatic heterocycles. The Bertz CT molecular complexity index is 394. The molecule has 0 aliphatic rings. The van der Waals surface area contributed by atoms with Crippen LogP contribution in [0.15, 0.2) is 33.2 Å². The van der Waals surface area contributed by atoms with Crippen LogP contribution >= 0.6 is 27.5 Å². The van der Waals surface area contributed by atoms with Gasteiger partial charge in [0.1, 0.15) is 5.58 Å². The number of para-hydroxylation sites is 1. The normalized spacial score (nSPS) is 10.7. The lowest BCUT2D eigenvalue weighted by Crippen LogP contribution is -1.60. The number of hydrogen-bond donors (Lipinski definition) is 0. The first kappa shape index (κ1) is 7.19. The van der Waals surface area contributed by atoms with Gasteiger partial charge in [-0.3, -0.25) is 0 Å². The molecule has 0 amide bonds. The molecule has 0 spiro atoms. The van der Waals surface area contributed by atoms with E-state index in [4.69, 9.17) is 16.0 Å². The van der Waals surface area contributed by atoms with Crippen LogP contribution in [-0.2, 0) is 0 Å². The van der Waals surface area contributed by atoms with Crippen LogP contribution in [0.2, 0.25) is 5.22 Å². The maximum Gasteiger partial charge on any atom is 0.208 e. The van der Waals surface area contributed by atoms with E-state index in [0.717, 1.165) is 15.4 Å². The van der Waals surface area contributed by atoms with E-state index in [2.05, 4.69) is 15.9 Å². The Hall–Kier alpha value is -0.470. The summed E-state index contributed by atoms with van der Waals surface area (Å²) in [5.41, 5.74) is 0.810. The molecule has 11 heavy (non-hydrogen) atoms. The fraction of sp³-hybridized carbons (Fsp3) is 0. The molecule has 2 aromatic rings. The van der Waals surface area contributed by atoms with Gasteiger partial charge in [0.25, 0.3) is 0 Å². The summed E-state index contributed by atoms with van der Waals surface area (Å²) < 4.78 is 6.05. The molecule has 1 aromatic heterocycles. The second kappa shape index (κ2) is 2.54. The average Bonchev–Trinajstić information content (AvgIpc) is 2.30. The molecule has 2 rings (SSSR count). The van der Waals surface area contributed by atoms with Crippen molar-refractivity contribution in [2.45, 2.75) is 0 Å². The quantitative estimate of drug-likeness (QED) is 0.671. The van der Waals surface area contributed by atoms with Gasteiger partial charge < -0.3 is 4.42 Å². The fourth-order valence-corrected chi connectivity index (χ4v) is 1.58. The van der Waals surface area contributed by atoms with E-state index in [0.29, 0.717) is 5.22 Å². The number of furan rings is 1. The van der Waals surface area contributed by atoms with Crippen LogP contribution in [0.4, 0.5) is 0 Å². The van der Waals surface area contributed by atoms with Gasteiger partial charge in [0.15, 0.2) is 0 Å². The fourth-order valence-electron chi connectivity index (χ4n) is 0.984. The Labute approximate surface area is 77.1 Å². The van der Waals surface area contributed by atoms with Gasteiger partial charge in [-0.15, -0.1) is 0 Å². The summed E-state index contributed by atoms with van der Waals surface area (Å²) in [5.74, 6) is 0. The minimum atomic E-state index is 0.409. The highest BCUT2D eigenvalue weighted by Gasteiger charge is 2.07. The standard InChI is InChI=1S/C8H4BrClO/c9-7-5-3-1-2-4-6(5)11-8(7)10/h1-4H. The molecular formula is C8H4BrClO. The van der Waals surface area contributed by atoms with Crippen molar-refractivity contribution in [3.05, 3.63) is 34.0 Å². The maximum absolute atomic E-state index is 5.74. The molecule has 1 aromatic carbocycles. The Morgan fingerprint density at radius 2 is 2.00 bits per heavy atom. The van der Waals surface area contributed by atoms with Gasteiger partial charge in [0.05, 0.1) is 4.47 Å². The molecule has 0 bridgehead atoms. The van der Waals surface area contributed by atoms with Crippen LogP contribution in [-0.4, -0.2) is 0 Å². The van der Waals surface area contributed by atoms with Crippen LogP contribution < -0.4 is 0 Å². The monoisotopic (exact) mass is 230 g/mol. The van der Waals surface area contributed by atoms with E-state index in [1.807, 2.05) is 24.3 Å². The van der Waals surface area contributed by atoms with Gasteiger partial charge in [-0.1, -0.05) is 12.1 Å². The number of rotatable bonds is 0. The van der Waals surface area contributed by atoms with Gasteiger partial charge in [0, 0.05) is 5.39 Å². The smallest absolute Gasteiger partial charge is 0.208 e. The number of halogens is 2. The number of benzene rings is 1. The van der Waals surface area contributed by atoms with E-state index in [1.165, 1.54) is 0 Å². The second-order valence-corrected chi connectivity index (χ2v) is 3.32. The maximum atomic E-state index is 5.74. The van der Waals surface area contributed by atoms with Crippen molar-refractivity contribution in [1.29, 1.82) is 0 Å². The van der Waals surface area contributed by atoms with E-state index in [9.17, 15) is 0 Å². The van der Waals surface area contributed by atoms with Crippen LogP contribution in [0.5, 0.6) is 0 Å². The minimum Gasteiger partial charge on any atom is -0.443 e. The molecule has 0 fully saturated rings. The van der Waals surface area contributed by atoms with Gasteiger partial charge in [-0.05, 0) is 39.7 Å². The summed E-state index contributed by atoms with van der Waals surface area (Å²) >= 11 is 9.06. The van der Waals surface area contributed by atoms with Crippen LogP contribution in [0.1, 0.15) is 0 Å². The zero-order chi connectivity index (χ0) is 7.84. The van der Waals surface area contributed by atoms with Crippen molar-refractivity contribution in [3.63, 3.8) is 0 Å². The second-order valence-electron chi connectivity index (χ2n) is 2.19. The summed E-state index contributed by atoms with van der Waals surface area (Å²) in [5, 5.41) is 1.42. The molecule has 56 valence electrons.